The lowest BCUT2D eigenvalue weighted by atomic mass is 9.98. The van der Waals surface area contributed by atoms with Crippen molar-refractivity contribution in [2.45, 2.75) is 38.5 Å². The summed E-state index contributed by atoms with van der Waals surface area (Å²) in [5.41, 5.74) is 5.01. The molecule has 2 aromatic heterocycles. The highest BCUT2D eigenvalue weighted by Crippen LogP contribution is 2.40. The van der Waals surface area contributed by atoms with Gasteiger partial charge in [-0.05, 0) is 86.2 Å². The fraction of sp³-hybridized carbons (Fsp3) is 0.250. The first-order chi connectivity index (χ1) is 19.6. The van der Waals surface area contributed by atoms with Crippen LogP contribution in [0.15, 0.2) is 76.2 Å². The highest BCUT2D eigenvalue weighted by Gasteiger charge is 2.24. The third-order valence-corrected chi connectivity index (χ3v) is 8.32. The van der Waals surface area contributed by atoms with Crippen LogP contribution in [0.4, 0.5) is 4.39 Å². The van der Waals surface area contributed by atoms with Crippen LogP contribution in [-0.4, -0.2) is 35.8 Å². The molecule has 0 amide bonds. The van der Waals surface area contributed by atoms with Gasteiger partial charge in [0.05, 0.1) is 22.9 Å². The lowest BCUT2D eigenvalue weighted by Crippen LogP contribution is -2.01. The maximum atomic E-state index is 15.1. The van der Waals surface area contributed by atoms with E-state index in [1.165, 1.54) is 12.3 Å². The average Bonchev–Trinajstić information content (AvgIpc) is 3.59. The molecule has 0 unspecified atom stereocenters. The number of hydrogen-bond donors (Lipinski definition) is 0. The minimum absolute atomic E-state index is 0.219. The number of oxazole rings is 1. The Balaban J connectivity index is 1.50. The molecule has 0 aliphatic heterocycles. The van der Waals surface area contributed by atoms with Crippen LogP contribution in [0.25, 0.3) is 39.4 Å². The predicted octanol–water partition coefficient (Wildman–Crippen LogP) is 7.12. The Morgan fingerprint density at radius 3 is 2.41 bits per heavy atom. The van der Waals surface area contributed by atoms with Crippen LogP contribution in [0.2, 0.25) is 0 Å². The van der Waals surface area contributed by atoms with Gasteiger partial charge in [0.2, 0.25) is 0 Å². The number of aryl methyl sites for hydroxylation is 3. The Hall–Kier alpha value is -4.24. The molecule has 0 bridgehead atoms. The number of nitrogens with zero attached hydrogens (tertiary/aromatic N) is 3. The number of ether oxygens (including phenoxy) is 1. The minimum atomic E-state index is -3.39. The first-order valence-corrected chi connectivity index (χ1v) is 15.3. The molecule has 5 aromatic rings. The average molecular weight is 572 g/mol. The summed E-state index contributed by atoms with van der Waals surface area (Å²) in [6, 6.07) is 17.5. The van der Waals surface area contributed by atoms with Crippen LogP contribution in [0, 0.1) is 32.5 Å². The SMILES string of the molecule is Cc1cn(-c2ccc(-c3cccc(S(C)(=O)=O)c3)cc2-c2nc(C)oc2-c2ccc(OCC3CC3)c(F)c2)c(C)n1. The zero-order valence-electron chi connectivity index (χ0n) is 23.3. The molecule has 0 saturated heterocycles. The summed E-state index contributed by atoms with van der Waals surface area (Å²) in [7, 11) is -3.39. The van der Waals surface area contributed by atoms with Crippen LogP contribution in [0.1, 0.15) is 30.3 Å². The summed E-state index contributed by atoms with van der Waals surface area (Å²) in [6.07, 6.45) is 5.37. The van der Waals surface area contributed by atoms with Crippen LogP contribution in [-0.2, 0) is 9.84 Å². The van der Waals surface area contributed by atoms with Crippen molar-refractivity contribution >= 4 is 9.84 Å². The smallest absolute Gasteiger partial charge is 0.192 e. The Labute approximate surface area is 238 Å². The lowest BCUT2D eigenvalue weighted by molar-refractivity contribution is 0.285. The fourth-order valence-corrected chi connectivity index (χ4v) is 5.61. The van der Waals surface area contributed by atoms with Crippen molar-refractivity contribution in [3.05, 3.63) is 90.1 Å². The van der Waals surface area contributed by atoms with Gasteiger partial charge in [0, 0.05) is 30.5 Å². The van der Waals surface area contributed by atoms with Gasteiger partial charge in [0.25, 0.3) is 0 Å². The van der Waals surface area contributed by atoms with Gasteiger partial charge in [-0.2, -0.15) is 0 Å². The van der Waals surface area contributed by atoms with E-state index in [0.717, 1.165) is 46.7 Å². The van der Waals surface area contributed by atoms with Crippen molar-refractivity contribution in [3.63, 3.8) is 0 Å². The normalized spacial score (nSPS) is 13.5. The Morgan fingerprint density at radius 2 is 1.73 bits per heavy atom. The summed E-state index contributed by atoms with van der Waals surface area (Å²) in [6.45, 7) is 6.12. The molecule has 1 aliphatic carbocycles. The Kier molecular flexibility index (Phi) is 6.77. The van der Waals surface area contributed by atoms with Crippen molar-refractivity contribution in [3.8, 4) is 45.1 Å². The van der Waals surface area contributed by atoms with Crippen LogP contribution in [0.5, 0.6) is 5.75 Å². The van der Waals surface area contributed by atoms with E-state index in [0.29, 0.717) is 35.4 Å². The van der Waals surface area contributed by atoms with E-state index in [-0.39, 0.29) is 10.6 Å². The van der Waals surface area contributed by atoms with Crippen molar-refractivity contribution < 1.29 is 22.0 Å². The van der Waals surface area contributed by atoms with Gasteiger partial charge in [-0.15, -0.1) is 0 Å². The summed E-state index contributed by atoms with van der Waals surface area (Å²) >= 11 is 0. The van der Waals surface area contributed by atoms with E-state index in [1.54, 1.807) is 37.3 Å². The first kappa shape index (κ1) is 27.0. The number of benzene rings is 3. The van der Waals surface area contributed by atoms with Gasteiger partial charge in [-0.3, -0.25) is 0 Å². The van der Waals surface area contributed by atoms with Gasteiger partial charge >= 0.3 is 0 Å². The quantitative estimate of drug-likeness (QED) is 0.197. The van der Waals surface area contributed by atoms with Gasteiger partial charge in [-0.25, -0.2) is 22.8 Å². The first-order valence-electron chi connectivity index (χ1n) is 13.4. The maximum absolute atomic E-state index is 15.1. The molecular weight excluding hydrogens is 541 g/mol. The van der Waals surface area contributed by atoms with Crippen LogP contribution < -0.4 is 4.74 Å². The molecule has 0 N–H and O–H groups in total. The molecule has 1 aliphatic rings. The monoisotopic (exact) mass is 571 g/mol. The number of sulfone groups is 1. The summed E-state index contributed by atoms with van der Waals surface area (Å²) in [4.78, 5) is 9.55. The molecule has 9 heteroatoms. The van der Waals surface area contributed by atoms with E-state index in [1.807, 2.05) is 48.9 Å². The highest BCUT2D eigenvalue weighted by atomic mass is 32.2. The van der Waals surface area contributed by atoms with Gasteiger partial charge in [-0.1, -0.05) is 18.2 Å². The number of rotatable bonds is 8. The fourth-order valence-electron chi connectivity index (χ4n) is 4.94. The molecule has 1 fully saturated rings. The maximum Gasteiger partial charge on any atom is 0.192 e. The minimum Gasteiger partial charge on any atom is -0.490 e. The van der Waals surface area contributed by atoms with Crippen molar-refractivity contribution in [1.82, 2.24) is 14.5 Å². The number of halogens is 1. The van der Waals surface area contributed by atoms with Crippen LogP contribution >= 0.6 is 0 Å². The second-order valence-electron chi connectivity index (χ2n) is 10.6. The highest BCUT2D eigenvalue weighted by molar-refractivity contribution is 7.90. The summed E-state index contributed by atoms with van der Waals surface area (Å²) in [5.74, 6) is 1.91. The molecule has 0 spiro atoms. The third-order valence-electron chi connectivity index (χ3n) is 7.21. The van der Waals surface area contributed by atoms with Gasteiger partial charge in [0.15, 0.2) is 33.1 Å². The molecule has 3 aromatic carbocycles. The van der Waals surface area contributed by atoms with E-state index >= 15 is 4.39 Å². The van der Waals surface area contributed by atoms with Crippen molar-refractivity contribution in [1.29, 1.82) is 0 Å². The topological polar surface area (TPSA) is 87.2 Å². The van der Waals surface area contributed by atoms with E-state index in [2.05, 4.69) is 4.98 Å². The van der Waals surface area contributed by atoms with Gasteiger partial charge < -0.3 is 13.7 Å². The van der Waals surface area contributed by atoms with E-state index in [4.69, 9.17) is 14.1 Å². The zero-order chi connectivity index (χ0) is 28.9. The standard InChI is InChI=1S/C32H30FN3O4S/c1-19-17-36(20(2)34-19)29-12-10-24(23-6-5-7-26(14-23)41(4,37)38)15-27(29)31-32(40-21(3)35-31)25-11-13-30(28(33)16-25)39-18-22-8-9-22/h5-7,10-17,22H,8-9,18H2,1-4H3. The van der Waals surface area contributed by atoms with E-state index in [9.17, 15) is 8.42 Å². The third kappa shape index (κ3) is 5.54. The summed E-state index contributed by atoms with van der Waals surface area (Å²) in [5, 5.41) is 0. The van der Waals surface area contributed by atoms with Crippen LogP contribution in [0.3, 0.4) is 0 Å². The number of imidazole rings is 1. The largest absolute Gasteiger partial charge is 0.490 e. The van der Waals surface area contributed by atoms with Crippen molar-refractivity contribution in [2.24, 2.45) is 5.92 Å². The summed E-state index contributed by atoms with van der Waals surface area (Å²) < 4.78 is 53.3. The van der Waals surface area contributed by atoms with Crippen molar-refractivity contribution in [2.75, 3.05) is 12.9 Å². The molecule has 41 heavy (non-hydrogen) atoms. The second kappa shape index (κ2) is 10.3. The molecule has 1 saturated carbocycles. The molecule has 210 valence electrons. The van der Waals surface area contributed by atoms with Gasteiger partial charge in [0.1, 0.15) is 11.5 Å². The zero-order valence-corrected chi connectivity index (χ0v) is 24.1. The Morgan fingerprint density at radius 1 is 0.976 bits per heavy atom. The molecular formula is C32H30FN3O4S. The molecule has 0 radical (unpaired) electrons. The number of aromatic nitrogens is 3. The predicted molar refractivity (Wildman–Crippen MR) is 155 cm³/mol. The molecule has 2 heterocycles. The molecule has 6 rings (SSSR count). The number of hydrogen-bond acceptors (Lipinski definition) is 6. The molecule has 0 atom stereocenters. The Bertz CT molecular complexity index is 1890. The van der Waals surface area contributed by atoms with E-state index < -0.39 is 15.7 Å². The molecule has 7 nitrogen and oxygen atoms in total. The lowest BCUT2D eigenvalue weighted by Gasteiger charge is -2.14. The second-order valence-corrected chi connectivity index (χ2v) is 12.7.